The smallest absolute Gasteiger partial charge is 0.410 e. The van der Waals surface area contributed by atoms with Crippen LogP contribution in [-0.2, 0) is 14.3 Å². The molecule has 3 atom stereocenters. The Labute approximate surface area is 187 Å². The Morgan fingerprint density at radius 1 is 1.09 bits per heavy atom. The maximum absolute atomic E-state index is 13.4. The highest BCUT2D eigenvalue weighted by molar-refractivity contribution is 5.90. The summed E-state index contributed by atoms with van der Waals surface area (Å²) in [6.07, 6.45) is 3.02. The fraction of sp³-hybridized carbons (Fsp3) is 0.522. The van der Waals surface area contributed by atoms with Crippen molar-refractivity contribution in [3.05, 3.63) is 42.0 Å². The Kier molecular flexibility index (Phi) is 6.76. The van der Waals surface area contributed by atoms with Crippen LogP contribution in [0.1, 0.15) is 24.8 Å². The summed E-state index contributed by atoms with van der Waals surface area (Å²) in [5.41, 5.74) is 4.05. The van der Waals surface area contributed by atoms with Crippen molar-refractivity contribution in [2.75, 3.05) is 39.8 Å². The number of hydrogen-bond acceptors (Lipinski definition) is 6. The van der Waals surface area contributed by atoms with Gasteiger partial charge in [0.2, 0.25) is 11.8 Å². The van der Waals surface area contributed by atoms with E-state index in [1.165, 1.54) is 5.57 Å². The molecule has 0 aliphatic carbocycles. The number of nitrogens with one attached hydrogen (secondary N) is 1. The second-order valence-corrected chi connectivity index (χ2v) is 8.68. The highest BCUT2D eigenvalue weighted by atomic mass is 16.6. The van der Waals surface area contributed by atoms with Gasteiger partial charge in [0, 0.05) is 32.7 Å². The van der Waals surface area contributed by atoms with Gasteiger partial charge in [-0.1, -0.05) is 36.4 Å². The van der Waals surface area contributed by atoms with Crippen LogP contribution in [0.5, 0.6) is 0 Å². The van der Waals surface area contributed by atoms with E-state index in [2.05, 4.69) is 18.2 Å². The lowest BCUT2D eigenvalue weighted by atomic mass is 9.86. The lowest BCUT2D eigenvalue weighted by Gasteiger charge is -2.43. The first-order valence-corrected chi connectivity index (χ1v) is 11.1. The monoisotopic (exact) mass is 442 g/mol. The molecule has 2 N–H and O–H groups in total. The van der Waals surface area contributed by atoms with Crippen LogP contribution in [0.4, 0.5) is 4.79 Å². The van der Waals surface area contributed by atoms with Crippen LogP contribution in [0.3, 0.4) is 0 Å². The first-order valence-electron chi connectivity index (χ1n) is 11.1. The van der Waals surface area contributed by atoms with Crippen molar-refractivity contribution in [3.8, 4) is 0 Å². The van der Waals surface area contributed by atoms with Gasteiger partial charge in [-0.2, -0.15) is 0 Å². The summed E-state index contributed by atoms with van der Waals surface area (Å²) in [5.74, 6) is -1.62. The van der Waals surface area contributed by atoms with Crippen LogP contribution in [0.15, 0.2) is 36.4 Å². The number of carbonyl (C=O) groups is 3. The highest BCUT2D eigenvalue weighted by Gasteiger charge is 2.45. The Balaban J connectivity index is 1.44. The third-order valence-electron chi connectivity index (χ3n) is 6.61. The van der Waals surface area contributed by atoms with Gasteiger partial charge in [-0.05, 0) is 37.4 Å². The molecule has 0 aromatic heterocycles. The van der Waals surface area contributed by atoms with Crippen LogP contribution >= 0.6 is 0 Å². The van der Waals surface area contributed by atoms with E-state index < -0.39 is 30.1 Å². The topological polar surface area (TPSA) is 102 Å². The third kappa shape index (κ3) is 4.63. The van der Waals surface area contributed by atoms with Crippen LogP contribution < -0.4 is 5.48 Å². The van der Waals surface area contributed by atoms with E-state index >= 15 is 0 Å². The van der Waals surface area contributed by atoms with Gasteiger partial charge in [0.1, 0.15) is 12.1 Å². The van der Waals surface area contributed by atoms with Crippen molar-refractivity contribution in [3.63, 3.8) is 0 Å². The quantitative estimate of drug-likeness (QED) is 0.539. The molecule has 9 heteroatoms. The molecular formula is C23H30N4O5. The van der Waals surface area contributed by atoms with Crippen molar-refractivity contribution in [1.82, 2.24) is 20.2 Å². The minimum Gasteiger partial charge on any atom is -0.445 e. The SMILES string of the molecule is CN1CC(OC(=O)N2CCC2)CC(C(=O)NO)C1C(=O)N1CC=C(c2ccccc2)CC1. The summed E-state index contributed by atoms with van der Waals surface area (Å²) >= 11 is 0. The predicted molar refractivity (Wildman–Crippen MR) is 117 cm³/mol. The molecule has 0 saturated carbocycles. The molecule has 2 fully saturated rings. The minimum absolute atomic E-state index is 0.156. The van der Waals surface area contributed by atoms with E-state index in [0.717, 1.165) is 18.4 Å². The number of hydrogen-bond donors (Lipinski definition) is 2. The zero-order valence-corrected chi connectivity index (χ0v) is 18.3. The largest absolute Gasteiger partial charge is 0.445 e. The van der Waals surface area contributed by atoms with Crippen molar-refractivity contribution in [2.45, 2.75) is 31.4 Å². The van der Waals surface area contributed by atoms with E-state index in [4.69, 9.17) is 4.74 Å². The summed E-state index contributed by atoms with van der Waals surface area (Å²) in [6, 6.07) is 9.35. The molecule has 4 rings (SSSR count). The van der Waals surface area contributed by atoms with E-state index in [1.807, 2.05) is 18.2 Å². The molecular weight excluding hydrogens is 412 g/mol. The summed E-state index contributed by atoms with van der Waals surface area (Å²) < 4.78 is 5.58. The van der Waals surface area contributed by atoms with Gasteiger partial charge in [-0.15, -0.1) is 0 Å². The Morgan fingerprint density at radius 2 is 1.84 bits per heavy atom. The van der Waals surface area contributed by atoms with Gasteiger partial charge in [0.05, 0.1) is 5.92 Å². The number of amides is 3. The number of likely N-dealkylation sites (N-methyl/N-ethyl adjacent to an activating group) is 1. The molecule has 3 aliphatic heterocycles. The maximum Gasteiger partial charge on any atom is 0.410 e. The third-order valence-corrected chi connectivity index (χ3v) is 6.61. The van der Waals surface area contributed by atoms with Crippen LogP contribution in [0.25, 0.3) is 5.57 Å². The van der Waals surface area contributed by atoms with Crippen LogP contribution in [0.2, 0.25) is 0 Å². The molecule has 3 amide bonds. The molecule has 2 saturated heterocycles. The first-order chi connectivity index (χ1) is 15.5. The molecule has 1 aromatic rings. The molecule has 0 radical (unpaired) electrons. The van der Waals surface area contributed by atoms with Crippen LogP contribution in [0, 0.1) is 5.92 Å². The number of nitrogens with zero attached hydrogens (tertiary/aromatic N) is 3. The molecule has 3 unspecified atom stereocenters. The molecule has 32 heavy (non-hydrogen) atoms. The highest BCUT2D eigenvalue weighted by Crippen LogP contribution is 2.29. The maximum atomic E-state index is 13.4. The molecule has 0 bridgehead atoms. The van der Waals surface area contributed by atoms with E-state index in [1.54, 1.807) is 27.2 Å². The van der Waals surface area contributed by atoms with E-state index in [0.29, 0.717) is 32.7 Å². The summed E-state index contributed by atoms with van der Waals surface area (Å²) in [5, 5.41) is 9.28. The molecule has 3 aliphatic rings. The zero-order valence-electron chi connectivity index (χ0n) is 18.3. The van der Waals surface area contributed by atoms with Gasteiger partial charge < -0.3 is 14.5 Å². The standard InChI is InChI=1S/C23H30N4O5/c1-25-15-18(32-23(30)27-10-5-11-27)14-19(21(28)24-31)20(25)22(29)26-12-8-17(9-13-26)16-6-3-2-4-7-16/h2-4,6-8,18-20,31H,5,9-15H2,1H3,(H,24,28). The molecule has 0 spiro atoms. The number of rotatable bonds is 4. The second kappa shape index (κ2) is 9.70. The summed E-state index contributed by atoms with van der Waals surface area (Å²) in [4.78, 5) is 43.2. The lowest BCUT2D eigenvalue weighted by molar-refractivity contribution is -0.151. The second-order valence-electron chi connectivity index (χ2n) is 8.68. The minimum atomic E-state index is -0.819. The Morgan fingerprint density at radius 3 is 2.44 bits per heavy atom. The van der Waals surface area contributed by atoms with Gasteiger partial charge >= 0.3 is 6.09 Å². The number of piperidine rings is 1. The van der Waals surface area contributed by atoms with E-state index in [-0.39, 0.29) is 12.3 Å². The number of hydroxylamine groups is 1. The number of likely N-dealkylation sites (tertiary alicyclic amines) is 2. The molecule has 1 aromatic carbocycles. The number of carbonyl (C=O) groups excluding carboxylic acids is 3. The van der Waals surface area contributed by atoms with Gasteiger partial charge in [0.15, 0.2) is 0 Å². The van der Waals surface area contributed by atoms with Gasteiger partial charge in [0.25, 0.3) is 0 Å². The fourth-order valence-corrected chi connectivity index (χ4v) is 4.69. The zero-order chi connectivity index (χ0) is 22.7. The molecule has 9 nitrogen and oxygen atoms in total. The van der Waals surface area contributed by atoms with Crippen molar-refractivity contribution >= 4 is 23.5 Å². The van der Waals surface area contributed by atoms with Gasteiger partial charge in [-0.3, -0.25) is 19.7 Å². The van der Waals surface area contributed by atoms with Crippen molar-refractivity contribution in [2.24, 2.45) is 5.92 Å². The Bertz CT molecular complexity index is 886. The fourth-order valence-electron chi connectivity index (χ4n) is 4.69. The number of ether oxygens (including phenoxy) is 1. The average molecular weight is 443 g/mol. The molecule has 172 valence electrons. The average Bonchev–Trinajstić information content (AvgIpc) is 2.77. The summed E-state index contributed by atoms with van der Waals surface area (Å²) in [7, 11) is 1.75. The predicted octanol–water partition coefficient (Wildman–Crippen LogP) is 1.34. The molecule has 3 heterocycles. The number of benzene rings is 1. The first kappa shape index (κ1) is 22.3. The lowest BCUT2D eigenvalue weighted by Crippen LogP contribution is -2.61. The van der Waals surface area contributed by atoms with Crippen LogP contribution in [-0.4, -0.2) is 89.7 Å². The Hall–Kier alpha value is -2.91. The van der Waals surface area contributed by atoms with Crippen molar-refractivity contribution in [1.29, 1.82) is 0 Å². The summed E-state index contributed by atoms with van der Waals surface area (Å²) in [6.45, 7) is 2.73. The van der Waals surface area contributed by atoms with E-state index in [9.17, 15) is 19.6 Å². The van der Waals surface area contributed by atoms with Gasteiger partial charge in [-0.25, -0.2) is 10.3 Å². The normalized spacial score (nSPS) is 26.1. The van der Waals surface area contributed by atoms with Crippen molar-refractivity contribution < 1.29 is 24.3 Å².